The van der Waals surface area contributed by atoms with Crippen molar-refractivity contribution in [2.75, 3.05) is 0 Å². The molecule has 0 aliphatic rings. The van der Waals surface area contributed by atoms with Crippen LogP contribution in [0.3, 0.4) is 0 Å². The molecule has 0 unspecified atom stereocenters. The van der Waals surface area contributed by atoms with Gasteiger partial charge in [-0.3, -0.25) is 0 Å². The van der Waals surface area contributed by atoms with Gasteiger partial charge in [-0.1, -0.05) is 61.9 Å². The van der Waals surface area contributed by atoms with Gasteiger partial charge < -0.3 is 0 Å². The average Bonchev–Trinajstić information content (AvgIpc) is 2.56. The fourth-order valence-electron chi connectivity index (χ4n) is 2.72. The Balaban J connectivity index is 1.86. The summed E-state index contributed by atoms with van der Waals surface area (Å²) in [5.41, 5.74) is 4.71. The second-order valence-electron chi connectivity index (χ2n) is 5.65. The molecule has 0 saturated carbocycles. The van der Waals surface area contributed by atoms with E-state index in [2.05, 4.69) is 31.2 Å². The van der Waals surface area contributed by atoms with Gasteiger partial charge in [0.15, 0.2) is 0 Å². The molecule has 0 nitrogen and oxygen atoms in total. The molecule has 3 aromatic carbocycles. The zero-order chi connectivity index (χ0) is 16.2. The maximum atomic E-state index is 13.8. The van der Waals surface area contributed by atoms with Crippen LogP contribution in [-0.2, 0) is 6.42 Å². The van der Waals surface area contributed by atoms with E-state index in [0.29, 0.717) is 5.56 Å². The molecule has 0 heterocycles. The fourth-order valence-corrected chi connectivity index (χ4v) is 2.72. The molecule has 2 heteroatoms. The molecule has 0 saturated heterocycles. The van der Waals surface area contributed by atoms with Crippen molar-refractivity contribution >= 4 is 0 Å². The molecule has 3 aromatic rings. The molecular formula is C21H18F2. The van der Waals surface area contributed by atoms with Gasteiger partial charge in [0.25, 0.3) is 0 Å². The van der Waals surface area contributed by atoms with Crippen LogP contribution >= 0.6 is 0 Å². The first kappa shape index (κ1) is 15.4. The molecule has 0 radical (unpaired) electrons. The summed E-state index contributed by atoms with van der Waals surface area (Å²) in [6.45, 7) is 2.17. The minimum Gasteiger partial charge on any atom is -0.207 e. The first-order valence-electron chi connectivity index (χ1n) is 7.82. The highest BCUT2D eigenvalue weighted by Gasteiger charge is 2.07. The Morgan fingerprint density at radius 1 is 0.696 bits per heavy atom. The van der Waals surface area contributed by atoms with Crippen molar-refractivity contribution in [1.29, 1.82) is 0 Å². The van der Waals surface area contributed by atoms with Crippen LogP contribution in [0.5, 0.6) is 0 Å². The highest BCUT2D eigenvalue weighted by atomic mass is 19.1. The van der Waals surface area contributed by atoms with Crippen molar-refractivity contribution in [1.82, 2.24) is 0 Å². The van der Waals surface area contributed by atoms with Gasteiger partial charge in [0, 0.05) is 11.6 Å². The standard InChI is InChI=1S/C21H18F2/c1-2-3-15-4-6-16(7-5-15)17-8-10-18(11-9-17)20-13-12-19(22)14-21(20)23/h4-14H,2-3H2,1H3. The zero-order valence-electron chi connectivity index (χ0n) is 13.0. The van der Waals surface area contributed by atoms with Crippen molar-refractivity contribution in [3.05, 3.63) is 83.9 Å². The number of rotatable bonds is 4. The topological polar surface area (TPSA) is 0 Å². The van der Waals surface area contributed by atoms with Crippen LogP contribution in [0.1, 0.15) is 18.9 Å². The predicted octanol–water partition coefficient (Wildman–Crippen LogP) is 6.25. The maximum Gasteiger partial charge on any atom is 0.133 e. The van der Waals surface area contributed by atoms with Crippen LogP contribution in [0.4, 0.5) is 8.78 Å². The van der Waals surface area contributed by atoms with Gasteiger partial charge in [-0.15, -0.1) is 0 Å². The lowest BCUT2D eigenvalue weighted by Gasteiger charge is -2.07. The monoisotopic (exact) mass is 308 g/mol. The normalized spacial score (nSPS) is 10.7. The number of hydrogen-bond donors (Lipinski definition) is 0. The summed E-state index contributed by atoms with van der Waals surface area (Å²) in [5, 5.41) is 0. The fraction of sp³-hybridized carbons (Fsp3) is 0.143. The Hall–Kier alpha value is -2.48. The third kappa shape index (κ3) is 3.48. The predicted molar refractivity (Wildman–Crippen MR) is 91.2 cm³/mol. The van der Waals surface area contributed by atoms with Crippen LogP contribution in [0.15, 0.2) is 66.7 Å². The van der Waals surface area contributed by atoms with Gasteiger partial charge in [-0.2, -0.15) is 0 Å². The molecule has 0 aromatic heterocycles. The van der Waals surface area contributed by atoms with Gasteiger partial charge in [-0.25, -0.2) is 8.78 Å². The molecule has 0 N–H and O–H groups in total. The van der Waals surface area contributed by atoms with Crippen LogP contribution in [0.25, 0.3) is 22.3 Å². The summed E-state index contributed by atoms with van der Waals surface area (Å²) in [4.78, 5) is 0. The van der Waals surface area contributed by atoms with Crippen molar-refractivity contribution in [3.8, 4) is 22.3 Å². The first-order chi connectivity index (χ1) is 11.2. The van der Waals surface area contributed by atoms with E-state index in [1.54, 1.807) is 0 Å². The Morgan fingerprint density at radius 2 is 1.26 bits per heavy atom. The summed E-state index contributed by atoms with van der Waals surface area (Å²) in [7, 11) is 0. The van der Waals surface area contributed by atoms with Crippen molar-refractivity contribution in [3.63, 3.8) is 0 Å². The quantitative estimate of drug-likeness (QED) is 0.534. The molecule has 0 aliphatic carbocycles. The van der Waals surface area contributed by atoms with Crippen LogP contribution < -0.4 is 0 Å². The van der Waals surface area contributed by atoms with Gasteiger partial charge in [0.1, 0.15) is 11.6 Å². The lowest BCUT2D eigenvalue weighted by atomic mass is 9.99. The maximum absolute atomic E-state index is 13.8. The van der Waals surface area contributed by atoms with E-state index >= 15 is 0 Å². The van der Waals surface area contributed by atoms with Crippen LogP contribution in [0.2, 0.25) is 0 Å². The van der Waals surface area contributed by atoms with Crippen molar-refractivity contribution < 1.29 is 8.78 Å². The molecule has 0 aliphatic heterocycles. The second kappa shape index (κ2) is 6.74. The summed E-state index contributed by atoms with van der Waals surface area (Å²) in [5.74, 6) is -1.10. The first-order valence-corrected chi connectivity index (χ1v) is 7.82. The molecule has 0 atom stereocenters. The Labute approximate surface area is 135 Å². The Morgan fingerprint density at radius 3 is 1.83 bits per heavy atom. The van der Waals surface area contributed by atoms with Gasteiger partial charge in [0.2, 0.25) is 0 Å². The lowest BCUT2D eigenvalue weighted by molar-refractivity contribution is 0.585. The minimum absolute atomic E-state index is 0.413. The van der Waals surface area contributed by atoms with E-state index in [1.165, 1.54) is 17.7 Å². The summed E-state index contributed by atoms with van der Waals surface area (Å²) in [6, 6.07) is 19.8. The third-order valence-corrected chi connectivity index (χ3v) is 3.95. The largest absolute Gasteiger partial charge is 0.207 e. The molecule has 23 heavy (non-hydrogen) atoms. The highest BCUT2D eigenvalue weighted by Crippen LogP contribution is 2.27. The Kier molecular flexibility index (Phi) is 4.52. The summed E-state index contributed by atoms with van der Waals surface area (Å²) >= 11 is 0. The van der Waals surface area contributed by atoms with Crippen molar-refractivity contribution in [2.24, 2.45) is 0 Å². The van der Waals surface area contributed by atoms with Gasteiger partial charge in [0.05, 0.1) is 0 Å². The molecule has 116 valence electrons. The Bertz CT molecular complexity index is 787. The molecule has 0 amide bonds. The summed E-state index contributed by atoms with van der Waals surface area (Å²) < 4.78 is 26.8. The lowest BCUT2D eigenvalue weighted by Crippen LogP contribution is -1.87. The number of halogens is 2. The SMILES string of the molecule is CCCc1ccc(-c2ccc(-c3ccc(F)cc3F)cc2)cc1. The van der Waals surface area contributed by atoms with E-state index in [4.69, 9.17) is 0 Å². The highest BCUT2D eigenvalue weighted by molar-refractivity contribution is 5.70. The van der Waals surface area contributed by atoms with Gasteiger partial charge >= 0.3 is 0 Å². The molecular weight excluding hydrogens is 290 g/mol. The molecule has 0 bridgehead atoms. The molecule has 0 fully saturated rings. The van der Waals surface area contributed by atoms with E-state index in [0.717, 1.165) is 35.6 Å². The number of hydrogen-bond acceptors (Lipinski definition) is 0. The third-order valence-electron chi connectivity index (χ3n) is 3.95. The van der Waals surface area contributed by atoms with E-state index < -0.39 is 11.6 Å². The second-order valence-corrected chi connectivity index (χ2v) is 5.65. The number of aryl methyl sites for hydroxylation is 1. The van der Waals surface area contributed by atoms with E-state index in [9.17, 15) is 8.78 Å². The van der Waals surface area contributed by atoms with Crippen LogP contribution in [-0.4, -0.2) is 0 Å². The van der Waals surface area contributed by atoms with E-state index in [-0.39, 0.29) is 0 Å². The van der Waals surface area contributed by atoms with E-state index in [1.807, 2.05) is 24.3 Å². The molecule has 0 spiro atoms. The number of benzene rings is 3. The summed E-state index contributed by atoms with van der Waals surface area (Å²) in [6.07, 6.45) is 2.22. The average molecular weight is 308 g/mol. The minimum atomic E-state index is -0.560. The van der Waals surface area contributed by atoms with Gasteiger partial charge in [-0.05, 0) is 40.8 Å². The van der Waals surface area contributed by atoms with Crippen molar-refractivity contribution in [2.45, 2.75) is 19.8 Å². The van der Waals surface area contributed by atoms with Crippen LogP contribution in [0, 0.1) is 11.6 Å². The molecule has 3 rings (SSSR count). The zero-order valence-corrected chi connectivity index (χ0v) is 13.0. The smallest absolute Gasteiger partial charge is 0.133 e.